The van der Waals surface area contributed by atoms with Gasteiger partial charge in [-0.3, -0.25) is 4.79 Å². The van der Waals surface area contributed by atoms with Gasteiger partial charge in [-0.2, -0.15) is 0 Å². The van der Waals surface area contributed by atoms with Crippen molar-refractivity contribution in [3.63, 3.8) is 0 Å². The van der Waals surface area contributed by atoms with E-state index in [-0.39, 0.29) is 5.91 Å². The Labute approximate surface area is 174 Å². The van der Waals surface area contributed by atoms with Crippen LogP contribution in [0.25, 0.3) is 11.4 Å². The van der Waals surface area contributed by atoms with Crippen molar-refractivity contribution in [2.75, 3.05) is 19.7 Å². The number of benzene rings is 1. The van der Waals surface area contributed by atoms with Crippen molar-refractivity contribution in [1.29, 1.82) is 0 Å². The van der Waals surface area contributed by atoms with Crippen LogP contribution in [0.15, 0.2) is 42.9 Å². The van der Waals surface area contributed by atoms with Crippen molar-refractivity contribution in [2.24, 2.45) is 0 Å². The Kier molecular flexibility index (Phi) is 4.96. The highest BCUT2D eigenvalue weighted by Gasteiger charge is 2.43. The molecule has 0 unspecified atom stereocenters. The summed E-state index contributed by atoms with van der Waals surface area (Å²) in [7, 11) is 0. The molecule has 0 aliphatic carbocycles. The van der Waals surface area contributed by atoms with Crippen molar-refractivity contribution >= 4 is 5.91 Å². The number of tetrazole rings is 1. The Hall–Kier alpha value is -3.20. The highest BCUT2D eigenvalue weighted by molar-refractivity contribution is 5.76. The maximum Gasteiger partial charge on any atom is 0.224 e. The molecule has 1 fully saturated rings. The minimum atomic E-state index is -0.438. The maximum absolute atomic E-state index is 12.6. The SMILES string of the molecule is O=C(CCn1cnnn1)N1CCC2(CC1)OCCc1cnc(-c3ccccc3)nc12. The molecule has 0 bridgehead atoms. The largest absolute Gasteiger partial charge is 0.368 e. The van der Waals surface area contributed by atoms with Gasteiger partial charge in [0.25, 0.3) is 0 Å². The zero-order valence-electron chi connectivity index (χ0n) is 16.6. The number of likely N-dealkylation sites (tertiary alicyclic amines) is 1. The first-order chi connectivity index (χ1) is 14.7. The quantitative estimate of drug-likeness (QED) is 0.650. The van der Waals surface area contributed by atoms with Gasteiger partial charge >= 0.3 is 0 Å². The maximum atomic E-state index is 12.6. The number of piperidine rings is 1. The van der Waals surface area contributed by atoms with E-state index in [9.17, 15) is 4.79 Å². The van der Waals surface area contributed by atoms with Gasteiger partial charge in [0.15, 0.2) is 5.82 Å². The highest BCUT2D eigenvalue weighted by Crippen LogP contribution is 2.41. The summed E-state index contributed by atoms with van der Waals surface area (Å²) in [5.41, 5.74) is 2.70. The van der Waals surface area contributed by atoms with Gasteiger partial charge < -0.3 is 9.64 Å². The number of nitrogens with zero attached hydrogens (tertiary/aromatic N) is 7. The number of fused-ring (bicyclic) bond motifs is 2. The Morgan fingerprint density at radius 2 is 2.00 bits per heavy atom. The van der Waals surface area contributed by atoms with E-state index in [0.717, 1.165) is 41.9 Å². The van der Waals surface area contributed by atoms with Gasteiger partial charge in [-0.05, 0) is 35.3 Å². The molecule has 0 atom stereocenters. The molecule has 2 aromatic heterocycles. The summed E-state index contributed by atoms with van der Waals surface area (Å²) in [6.45, 7) is 2.45. The summed E-state index contributed by atoms with van der Waals surface area (Å²) in [4.78, 5) is 24.1. The van der Waals surface area contributed by atoms with Crippen molar-refractivity contribution in [3.8, 4) is 11.4 Å². The van der Waals surface area contributed by atoms with Gasteiger partial charge in [0.05, 0.1) is 18.8 Å². The molecule has 9 nitrogen and oxygen atoms in total. The normalized spacial score (nSPS) is 17.7. The molecule has 1 amide bonds. The molecule has 30 heavy (non-hydrogen) atoms. The molecular formula is C21H23N7O2. The van der Waals surface area contributed by atoms with Crippen LogP contribution in [-0.2, 0) is 28.1 Å². The van der Waals surface area contributed by atoms with E-state index in [1.54, 1.807) is 4.68 Å². The predicted molar refractivity (Wildman–Crippen MR) is 107 cm³/mol. The smallest absolute Gasteiger partial charge is 0.224 e. The number of rotatable bonds is 4. The number of amides is 1. The van der Waals surface area contributed by atoms with Crippen LogP contribution in [0.1, 0.15) is 30.5 Å². The Balaban J connectivity index is 1.31. The van der Waals surface area contributed by atoms with Crippen molar-refractivity contribution in [1.82, 2.24) is 35.1 Å². The fourth-order valence-corrected chi connectivity index (χ4v) is 4.28. The van der Waals surface area contributed by atoms with Gasteiger partial charge in [-0.25, -0.2) is 14.6 Å². The molecule has 0 radical (unpaired) electrons. The van der Waals surface area contributed by atoms with Gasteiger partial charge in [0, 0.05) is 31.3 Å². The summed E-state index contributed by atoms with van der Waals surface area (Å²) in [5, 5.41) is 11.0. The molecule has 5 rings (SSSR count). The summed E-state index contributed by atoms with van der Waals surface area (Å²) < 4.78 is 7.89. The Bertz CT molecular complexity index is 1020. The van der Waals surface area contributed by atoms with E-state index in [0.29, 0.717) is 32.7 Å². The van der Waals surface area contributed by atoms with E-state index in [1.807, 2.05) is 41.4 Å². The average molecular weight is 405 g/mol. The molecule has 154 valence electrons. The van der Waals surface area contributed by atoms with Gasteiger partial charge in [-0.1, -0.05) is 30.3 Å². The second-order valence-electron chi connectivity index (χ2n) is 7.73. The second-order valence-corrected chi connectivity index (χ2v) is 7.73. The van der Waals surface area contributed by atoms with E-state index < -0.39 is 5.60 Å². The fraction of sp³-hybridized carbons (Fsp3) is 0.429. The number of hydrogen-bond donors (Lipinski definition) is 0. The molecule has 1 aromatic carbocycles. The number of carbonyl (C=O) groups is 1. The lowest BCUT2D eigenvalue weighted by atomic mass is 9.83. The topological polar surface area (TPSA) is 98.9 Å². The van der Waals surface area contributed by atoms with Gasteiger partial charge in [-0.15, -0.1) is 5.10 Å². The number of ether oxygens (including phenoxy) is 1. The lowest BCUT2D eigenvalue weighted by Gasteiger charge is -2.44. The van der Waals surface area contributed by atoms with Crippen LogP contribution in [-0.4, -0.2) is 60.7 Å². The summed E-state index contributed by atoms with van der Waals surface area (Å²) >= 11 is 0. The fourth-order valence-electron chi connectivity index (χ4n) is 4.28. The number of aromatic nitrogens is 6. The number of hydrogen-bond acceptors (Lipinski definition) is 7. The molecule has 4 heterocycles. The standard InChI is InChI=1S/C21H23N7O2/c29-18(6-10-28-15-23-25-26-28)27-11-8-21(9-12-27)19-17(7-13-30-21)14-22-20(24-19)16-4-2-1-3-5-16/h1-5,14-15H,6-13H2. The zero-order chi connectivity index (χ0) is 20.4. The lowest BCUT2D eigenvalue weighted by Crippen LogP contribution is -2.49. The molecule has 1 saturated heterocycles. The van der Waals surface area contributed by atoms with Crippen LogP contribution in [0.5, 0.6) is 0 Å². The summed E-state index contributed by atoms with van der Waals surface area (Å²) in [5.74, 6) is 0.836. The Morgan fingerprint density at radius 1 is 1.17 bits per heavy atom. The first-order valence-electron chi connectivity index (χ1n) is 10.3. The third kappa shape index (κ3) is 3.56. The molecule has 9 heteroatoms. The highest BCUT2D eigenvalue weighted by atomic mass is 16.5. The van der Waals surface area contributed by atoms with E-state index >= 15 is 0 Å². The van der Waals surface area contributed by atoms with E-state index in [2.05, 4.69) is 20.5 Å². The van der Waals surface area contributed by atoms with Gasteiger partial charge in [0.1, 0.15) is 11.9 Å². The van der Waals surface area contributed by atoms with Crippen molar-refractivity contribution in [3.05, 3.63) is 54.1 Å². The summed E-state index contributed by atoms with van der Waals surface area (Å²) in [6.07, 6.45) is 6.15. The minimum Gasteiger partial charge on any atom is -0.368 e. The van der Waals surface area contributed by atoms with Crippen molar-refractivity contribution < 1.29 is 9.53 Å². The molecule has 0 saturated carbocycles. The van der Waals surface area contributed by atoms with Crippen LogP contribution in [0, 0.1) is 0 Å². The number of aryl methyl sites for hydroxylation is 1. The predicted octanol–water partition coefficient (Wildman–Crippen LogP) is 1.61. The molecule has 3 aromatic rings. The lowest BCUT2D eigenvalue weighted by molar-refractivity contribution is -0.141. The van der Waals surface area contributed by atoms with E-state index in [1.165, 1.54) is 6.33 Å². The molecule has 1 spiro atoms. The molecule has 0 N–H and O–H groups in total. The Morgan fingerprint density at radius 3 is 2.77 bits per heavy atom. The third-order valence-electron chi connectivity index (χ3n) is 5.95. The summed E-state index contributed by atoms with van der Waals surface area (Å²) in [6, 6.07) is 10.0. The van der Waals surface area contributed by atoms with Gasteiger partial charge in [0.2, 0.25) is 5.91 Å². The van der Waals surface area contributed by atoms with Crippen molar-refractivity contribution in [2.45, 2.75) is 37.8 Å². The first-order valence-corrected chi connectivity index (χ1v) is 10.3. The van der Waals surface area contributed by atoms with Crippen LogP contribution in [0.3, 0.4) is 0 Å². The second kappa shape index (κ2) is 7.91. The minimum absolute atomic E-state index is 0.115. The number of carbonyl (C=O) groups excluding carboxylic acids is 1. The van der Waals surface area contributed by atoms with E-state index in [4.69, 9.17) is 9.72 Å². The molecule has 2 aliphatic heterocycles. The van der Waals surface area contributed by atoms with Crippen LogP contribution < -0.4 is 0 Å². The average Bonchev–Trinajstić information content (AvgIpc) is 3.32. The monoisotopic (exact) mass is 405 g/mol. The van der Waals surface area contributed by atoms with Crippen LogP contribution in [0.4, 0.5) is 0 Å². The molecular weight excluding hydrogens is 382 g/mol. The van der Waals surface area contributed by atoms with Crippen LogP contribution >= 0.6 is 0 Å². The third-order valence-corrected chi connectivity index (χ3v) is 5.95. The first kappa shape index (κ1) is 18.8. The zero-order valence-corrected chi connectivity index (χ0v) is 16.6. The molecule has 2 aliphatic rings. The van der Waals surface area contributed by atoms with Crippen LogP contribution in [0.2, 0.25) is 0 Å².